The summed E-state index contributed by atoms with van der Waals surface area (Å²) in [5.41, 5.74) is 3.06. The van der Waals surface area contributed by atoms with E-state index in [0.717, 1.165) is 11.1 Å². The zero-order chi connectivity index (χ0) is 18.8. The van der Waals surface area contributed by atoms with Crippen LogP contribution in [-0.4, -0.2) is 24.5 Å². The molecule has 0 aliphatic carbocycles. The van der Waals surface area contributed by atoms with E-state index < -0.39 is 25.7 Å². The fourth-order valence-corrected chi connectivity index (χ4v) is 3.91. The van der Waals surface area contributed by atoms with Crippen LogP contribution in [0.5, 0.6) is 0 Å². The molecule has 134 valence electrons. The molecule has 4 heteroatoms. The summed E-state index contributed by atoms with van der Waals surface area (Å²) < 4.78 is 15.7. The molecule has 1 aliphatic rings. The van der Waals surface area contributed by atoms with Crippen molar-refractivity contribution in [1.29, 1.82) is 0 Å². The van der Waals surface area contributed by atoms with Gasteiger partial charge in [0, 0.05) is 6.54 Å². The summed E-state index contributed by atoms with van der Waals surface area (Å²) in [5, 5.41) is 0. The Balaban J connectivity index is 1.89. The van der Waals surface area contributed by atoms with Gasteiger partial charge in [-0.05, 0) is 11.1 Å². The summed E-state index contributed by atoms with van der Waals surface area (Å²) in [6.45, 7) is 6.75. The summed E-state index contributed by atoms with van der Waals surface area (Å²) in [7, 11) is -1.60. The molecular weight excluding hydrogens is 341 g/mol. The molecule has 0 radical (unpaired) electrons. The third kappa shape index (κ3) is 3.73. The molecule has 1 aliphatic heterocycles. The molecule has 0 spiro atoms. The topological polar surface area (TPSA) is 20.3 Å². The van der Waals surface area contributed by atoms with E-state index in [9.17, 15) is 4.79 Å². The van der Waals surface area contributed by atoms with E-state index in [1.165, 1.54) is 0 Å². The van der Waals surface area contributed by atoms with Crippen LogP contribution < -0.4 is 0 Å². The first-order valence-corrected chi connectivity index (χ1v) is 12.4. The number of hydrogen-bond donors (Lipinski definition) is 0. The quantitative estimate of drug-likeness (QED) is 0.435. The van der Waals surface area contributed by atoms with Gasteiger partial charge in [-0.25, -0.2) is 4.39 Å². The van der Waals surface area contributed by atoms with Crippen LogP contribution >= 0.6 is 0 Å². The van der Waals surface area contributed by atoms with Gasteiger partial charge in [0.15, 0.2) is 0 Å². The predicted octanol–water partition coefficient (Wildman–Crippen LogP) is 4.75. The van der Waals surface area contributed by atoms with Crippen LogP contribution in [0.4, 0.5) is 4.39 Å². The van der Waals surface area contributed by atoms with Crippen molar-refractivity contribution in [3.05, 3.63) is 71.8 Å². The van der Waals surface area contributed by atoms with Crippen LogP contribution in [0.1, 0.15) is 23.6 Å². The van der Waals surface area contributed by atoms with Crippen molar-refractivity contribution < 1.29 is 9.18 Å². The van der Waals surface area contributed by atoms with E-state index in [4.69, 9.17) is 0 Å². The van der Waals surface area contributed by atoms with Crippen molar-refractivity contribution in [2.75, 3.05) is 0 Å². The molecule has 1 fully saturated rings. The van der Waals surface area contributed by atoms with Gasteiger partial charge in [0.1, 0.15) is 14.1 Å². The first-order chi connectivity index (χ1) is 12.3. The molecule has 0 bridgehead atoms. The molecule has 2 aromatic rings. The first-order valence-electron chi connectivity index (χ1n) is 8.90. The minimum atomic E-state index is -1.94. The Morgan fingerprint density at radius 3 is 2.19 bits per heavy atom. The van der Waals surface area contributed by atoms with Crippen molar-refractivity contribution >= 4 is 14.0 Å². The van der Waals surface area contributed by atoms with Crippen molar-refractivity contribution in [2.24, 2.45) is 0 Å². The van der Waals surface area contributed by atoms with Gasteiger partial charge in [0.25, 0.3) is 5.91 Å². The number of carbonyl (C=O) groups excluding carboxylic acids is 1. The zero-order valence-electron chi connectivity index (χ0n) is 15.5. The number of nitrogens with zero attached hydrogens (tertiary/aromatic N) is 1. The highest BCUT2D eigenvalue weighted by molar-refractivity contribution is 6.83. The first kappa shape index (κ1) is 18.4. The summed E-state index contributed by atoms with van der Waals surface area (Å²) in [5.74, 6) is 2.51. The average molecular weight is 366 g/mol. The van der Waals surface area contributed by atoms with Crippen LogP contribution in [0.25, 0.3) is 0 Å². The maximum Gasteiger partial charge on any atom is 0.264 e. The molecule has 0 N–H and O–H groups in total. The zero-order valence-corrected chi connectivity index (χ0v) is 16.5. The number of rotatable bonds is 4. The number of benzene rings is 2. The Hall–Kier alpha value is -2.38. The van der Waals surface area contributed by atoms with Gasteiger partial charge in [0.2, 0.25) is 5.67 Å². The minimum Gasteiger partial charge on any atom is -0.325 e. The number of β-lactam (4-membered cyclic amide) rings is 1. The predicted molar refractivity (Wildman–Crippen MR) is 106 cm³/mol. The van der Waals surface area contributed by atoms with Gasteiger partial charge in [-0.15, -0.1) is 11.5 Å². The molecular formula is C22H24FNOSi. The van der Waals surface area contributed by atoms with Crippen LogP contribution in [-0.2, 0) is 11.3 Å². The van der Waals surface area contributed by atoms with Crippen molar-refractivity contribution in [1.82, 2.24) is 4.90 Å². The van der Waals surface area contributed by atoms with Gasteiger partial charge in [-0.3, -0.25) is 4.79 Å². The SMILES string of the molecule is C[Si](C)(C)C#CC[C@]1(F)C(=O)N(Cc2ccccc2)[C@H]1c1ccccc1. The van der Waals surface area contributed by atoms with Crippen molar-refractivity contribution in [3.63, 3.8) is 0 Å². The van der Waals surface area contributed by atoms with Gasteiger partial charge in [-0.2, -0.15) is 0 Å². The smallest absolute Gasteiger partial charge is 0.264 e. The Kier molecular flexibility index (Phi) is 5.02. The highest BCUT2D eigenvalue weighted by Crippen LogP contribution is 2.48. The molecule has 0 unspecified atom stereocenters. The lowest BCUT2D eigenvalue weighted by Crippen LogP contribution is -2.65. The highest BCUT2D eigenvalue weighted by atomic mass is 28.3. The number of carbonyl (C=O) groups is 1. The second-order valence-electron chi connectivity index (χ2n) is 7.82. The maximum absolute atomic E-state index is 15.7. The highest BCUT2D eigenvalue weighted by Gasteiger charge is 2.61. The summed E-state index contributed by atoms with van der Waals surface area (Å²) in [4.78, 5) is 14.3. The number of alkyl halides is 1. The van der Waals surface area contributed by atoms with Crippen molar-refractivity contribution in [2.45, 2.75) is 44.3 Å². The van der Waals surface area contributed by atoms with Gasteiger partial charge < -0.3 is 4.90 Å². The molecule has 0 aromatic heterocycles. The van der Waals surface area contributed by atoms with Crippen LogP contribution in [0, 0.1) is 11.5 Å². The van der Waals surface area contributed by atoms with Crippen molar-refractivity contribution in [3.8, 4) is 11.5 Å². The van der Waals surface area contributed by atoms with Crippen LogP contribution in [0.3, 0.4) is 0 Å². The van der Waals surface area contributed by atoms with Crippen LogP contribution in [0.15, 0.2) is 60.7 Å². The lowest BCUT2D eigenvalue weighted by Gasteiger charge is -2.51. The lowest BCUT2D eigenvalue weighted by molar-refractivity contribution is -0.178. The molecule has 0 saturated carbocycles. The Morgan fingerprint density at radius 2 is 1.62 bits per heavy atom. The number of amides is 1. The van der Waals surface area contributed by atoms with Gasteiger partial charge >= 0.3 is 0 Å². The Bertz CT molecular complexity index is 835. The second-order valence-corrected chi connectivity index (χ2v) is 12.6. The standard InChI is InChI=1S/C22H24FNOSi/c1-26(2,3)16-10-15-22(23)20(19-13-8-5-9-14-19)24(21(22)25)17-18-11-6-4-7-12-18/h4-9,11-14,20H,15,17H2,1-3H3/t20-,22+/m0/s1. The Morgan fingerprint density at radius 1 is 1.04 bits per heavy atom. The molecule has 2 aromatic carbocycles. The van der Waals surface area contributed by atoms with Gasteiger partial charge in [0.05, 0.1) is 6.42 Å². The fraction of sp³-hybridized carbons (Fsp3) is 0.318. The number of likely N-dealkylation sites (tertiary alicyclic amines) is 1. The monoisotopic (exact) mass is 365 g/mol. The average Bonchev–Trinajstić information content (AvgIpc) is 2.61. The third-order valence-electron chi connectivity index (χ3n) is 4.48. The maximum atomic E-state index is 15.7. The molecule has 26 heavy (non-hydrogen) atoms. The van der Waals surface area contributed by atoms with Crippen LogP contribution in [0.2, 0.25) is 19.6 Å². The minimum absolute atomic E-state index is 0.0407. The van der Waals surface area contributed by atoms with E-state index >= 15 is 4.39 Å². The number of halogens is 1. The summed E-state index contributed by atoms with van der Waals surface area (Å²) >= 11 is 0. The third-order valence-corrected chi connectivity index (χ3v) is 5.41. The molecule has 1 saturated heterocycles. The molecule has 1 amide bonds. The lowest BCUT2D eigenvalue weighted by atomic mass is 9.77. The van der Waals surface area contributed by atoms with Gasteiger partial charge in [-0.1, -0.05) is 80.3 Å². The fourth-order valence-electron chi connectivity index (χ4n) is 3.29. The van der Waals surface area contributed by atoms with E-state index in [0.29, 0.717) is 6.54 Å². The van der Waals surface area contributed by atoms with E-state index in [1.807, 2.05) is 60.7 Å². The van der Waals surface area contributed by atoms with E-state index in [1.54, 1.807) is 4.90 Å². The summed E-state index contributed by atoms with van der Waals surface area (Å²) in [6.07, 6.45) is -0.0407. The molecule has 1 heterocycles. The van der Waals surface area contributed by atoms with E-state index in [2.05, 4.69) is 31.1 Å². The number of hydrogen-bond acceptors (Lipinski definition) is 1. The van der Waals surface area contributed by atoms with E-state index in [-0.39, 0.29) is 6.42 Å². The normalized spacial score (nSPS) is 22.4. The molecule has 2 nitrogen and oxygen atoms in total. The molecule has 2 atom stereocenters. The second kappa shape index (κ2) is 7.09. The summed E-state index contributed by atoms with van der Waals surface area (Å²) in [6, 6.07) is 18.5. The Labute approximate surface area is 156 Å². The molecule has 3 rings (SSSR count). The largest absolute Gasteiger partial charge is 0.325 e.